The van der Waals surface area contributed by atoms with Crippen LogP contribution in [-0.4, -0.2) is 16.2 Å². The van der Waals surface area contributed by atoms with Crippen molar-refractivity contribution in [1.29, 1.82) is 0 Å². The normalized spacial score (nSPS) is 9.75. The summed E-state index contributed by atoms with van der Waals surface area (Å²) in [6.07, 6.45) is 3.82. The number of H-pyrrole nitrogens is 1. The van der Waals surface area contributed by atoms with E-state index in [0.29, 0.717) is 0 Å². The fourth-order valence-corrected chi connectivity index (χ4v) is 0.914. The number of hydrogen-bond acceptors (Lipinski definition) is 2. The molecule has 3 heteroatoms. The van der Waals surface area contributed by atoms with Crippen LogP contribution in [-0.2, 0) is 0 Å². The van der Waals surface area contributed by atoms with Crippen molar-refractivity contribution in [3.63, 3.8) is 0 Å². The molecule has 0 atom stereocenters. The molecule has 1 aromatic heterocycles. The minimum absolute atomic E-state index is 0.988. The number of hydrogen-bond donors (Lipinski definition) is 1. The number of aromatic nitrogens is 2. The van der Waals surface area contributed by atoms with Crippen molar-refractivity contribution < 1.29 is 0 Å². The standard InChI is InChI=1S/C5H8N2S/c1-4-3-6-5(7-4)8-2/h3H,1-2H3,(H,6,7). The Kier molecular flexibility index (Phi) is 1.58. The van der Waals surface area contributed by atoms with Crippen LogP contribution in [0.3, 0.4) is 0 Å². The Morgan fingerprint density at radius 2 is 2.50 bits per heavy atom. The molecule has 1 N–H and O–H groups in total. The van der Waals surface area contributed by atoms with E-state index in [9.17, 15) is 0 Å². The number of rotatable bonds is 1. The fourth-order valence-electron chi connectivity index (χ4n) is 0.492. The van der Waals surface area contributed by atoms with Gasteiger partial charge in [0.2, 0.25) is 0 Å². The summed E-state index contributed by atoms with van der Waals surface area (Å²) in [5.41, 5.74) is 1.12. The lowest BCUT2D eigenvalue weighted by Crippen LogP contribution is -1.69. The molecule has 0 aromatic carbocycles. The Morgan fingerprint density at radius 1 is 1.75 bits per heavy atom. The van der Waals surface area contributed by atoms with Crippen LogP contribution in [0.25, 0.3) is 0 Å². The van der Waals surface area contributed by atoms with Gasteiger partial charge in [-0.1, -0.05) is 11.8 Å². The van der Waals surface area contributed by atoms with Crippen molar-refractivity contribution in [1.82, 2.24) is 9.97 Å². The highest BCUT2D eigenvalue weighted by molar-refractivity contribution is 7.98. The molecule has 0 spiro atoms. The Bertz CT molecular complexity index is 171. The number of aromatic amines is 1. The number of nitrogens with zero attached hydrogens (tertiary/aromatic N) is 1. The molecule has 0 aliphatic rings. The van der Waals surface area contributed by atoms with Gasteiger partial charge in [0.1, 0.15) is 0 Å². The summed E-state index contributed by atoms with van der Waals surface area (Å²) in [5.74, 6) is 0. The monoisotopic (exact) mass is 128 g/mol. The van der Waals surface area contributed by atoms with Crippen LogP contribution in [0, 0.1) is 6.92 Å². The topological polar surface area (TPSA) is 28.7 Å². The van der Waals surface area contributed by atoms with Crippen LogP contribution >= 0.6 is 11.8 Å². The lowest BCUT2D eigenvalue weighted by Gasteiger charge is -1.81. The average molecular weight is 128 g/mol. The average Bonchev–Trinajstić information content (AvgIpc) is 2.14. The quantitative estimate of drug-likeness (QED) is 0.580. The lowest BCUT2D eigenvalue weighted by atomic mass is 10.6. The van der Waals surface area contributed by atoms with Gasteiger partial charge in [0.15, 0.2) is 5.16 Å². The van der Waals surface area contributed by atoms with Gasteiger partial charge in [-0.2, -0.15) is 0 Å². The highest BCUT2D eigenvalue weighted by Crippen LogP contribution is 2.07. The Morgan fingerprint density at radius 3 is 2.75 bits per heavy atom. The summed E-state index contributed by atoms with van der Waals surface area (Å²) in [6.45, 7) is 1.99. The van der Waals surface area contributed by atoms with Crippen molar-refractivity contribution in [2.75, 3.05) is 6.26 Å². The van der Waals surface area contributed by atoms with Crippen LogP contribution in [0.5, 0.6) is 0 Å². The van der Waals surface area contributed by atoms with E-state index < -0.39 is 0 Å². The van der Waals surface area contributed by atoms with E-state index >= 15 is 0 Å². The van der Waals surface area contributed by atoms with Gasteiger partial charge in [0.25, 0.3) is 0 Å². The SMILES string of the molecule is CSc1ncc(C)[nH]1. The second-order valence-electron chi connectivity index (χ2n) is 1.58. The zero-order valence-corrected chi connectivity index (χ0v) is 5.75. The fraction of sp³-hybridized carbons (Fsp3) is 0.400. The zero-order valence-electron chi connectivity index (χ0n) is 4.93. The number of nitrogens with one attached hydrogen (secondary N) is 1. The summed E-state index contributed by atoms with van der Waals surface area (Å²) < 4.78 is 0. The van der Waals surface area contributed by atoms with Gasteiger partial charge >= 0.3 is 0 Å². The Hall–Kier alpha value is -0.440. The lowest BCUT2D eigenvalue weighted by molar-refractivity contribution is 1.05. The van der Waals surface area contributed by atoms with E-state index in [1.807, 2.05) is 19.4 Å². The first-order valence-electron chi connectivity index (χ1n) is 2.38. The molecule has 2 nitrogen and oxygen atoms in total. The van der Waals surface area contributed by atoms with Crippen molar-refractivity contribution >= 4 is 11.8 Å². The molecule has 0 aliphatic carbocycles. The molecule has 0 aliphatic heterocycles. The molecular weight excluding hydrogens is 120 g/mol. The first-order chi connectivity index (χ1) is 3.83. The van der Waals surface area contributed by atoms with Crippen molar-refractivity contribution in [3.8, 4) is 0 Å². The molecule has 8 heavy (non-hydrogen) atoms. The minimum atomic E-state index is 0.988. The van der Waals surface area contributed by atoms with E-state index in [1.54, 1.807) is 11.8 Å². The molecule has 1 aromatic rings. The molecule has 0 fully saturated rings. The third kappa shape index (κ3) is 1.04. The highest BCUT2D eigenvalue weighted by Gasteiger charge is 1.90. The van der Waals surface area contributed by atoms with Crippen LogP contribution < -0.4 is 0 Å². The summed E-state index contributed by atoms with van der Waals surface area (Å²) in [7, 11) is 0. The predicted octanol–water partition coefficient (Wildman–Crippen LogP) is 1.44. The number of aryl methyl sites for hydroxylation is 1. The third-order valence-electron chi connectivity index (χ3n) is 0.873. The number of imidazole rings is 1. The van der Waals surface area contributed by atoms with Crippen molar-refractivity contribution in [3.05, 3.63) is 11.9 Å². The van der Waals surface area contributed by atoms with Gasteiger partial charge in [-0.05, 0) is 13.2 Å². The first kappa shape index (κ1) is 5.69. The minimum Gasteiger partial charge on any atom is -0.337 e. The summed E-state index contributed by atoms with van der Waals surface area (Å²) in [4.78, 5) is 7.12. The molecule has 44 valence electrons. The van der Waals surface area contributed by atoms with Gasteiger partial charge in [0.05, 0.1) is 0 Å². The van der Waals surface area contributed by atoms with Gasteiger partial charge in [-0.3, -0.25) is 0 Å². The molecule has 0 bridgehead atoms. The van der Waals surface area contributed by atoms with Crippen LogP contribution in [0.15, 0.2) is 11.4 Å². The van der Waals surface area contributed by atoms with Gasteiger partial charge in [0, 0.05) is 11.9 Å². The van der Waals surface area contributed by atoms with E-state index in [1.165, 1.54) is 0 Å². The van der Waals surface area contributed by atoms with Gasteiger partial charge in [-0.15, -0.1) is 0 Å². The van der Waals surface area contributed by atoms with Crippen molar-refractivity contribution in [2.24, 2.45) is 0 Å². The Labute approximate surface area is 52.7 Å². The Balaban J connectivity index is 2.84. The maximum atomic E-state index is 4.04. The molecule has 0 saturated heterocycles. The van der Waals surface area contributed by atoms with Crippen LogP contribution in [0.4, 0.5) is 0 Å². The highest BCUT2D eigenvalue weighted by atomic mass is 32.2. The second-order valence-corrected chi connectivity index (χ2v) is 2.37. The molecular formula is C5H8N2S. The molecule has 0 unspecified atom stereocenters. The molecule has 1 heterocycles. The smallest absolute Gasteiger partial charge is 0.165 e. The second kappa shape index (κ2) is 2.22. The number of thioether (sulfide) groups is 1. The maximum Gasteiger partial charge on any atom is 0.165 e. The van der Waals surface area contributed by atoms with Crippen LogP contribution in [0.1, 0.15) is 5.69 Å². The van der Waals surface area contributed by atoms with Gasteiger partial charge < -0.3 is 4.98 Å². The zero-order chi connectivity index (χ0) is 5.98. The maximum absolute atomic E-state index is 4.04. The van der Waals surface area contributed by atoms with Gasteiger partial charge in [-0.25, -0.2) is 4.98 Å². The predicted molar refractivity (Wildman–Crippen MR) is 35.1 cm³/mol. The summed E-state index contributed by atoms with van der Waals surface area (Å²) in [5, 5.41) is 0.988. The van der Waals surface area contributed by atoms with E-state index in [2.05, 4.69) is 9.97 Å². The van der Waals surface area contributed by atoms with Crippen LogP contribution in [0.2, 0.25) is 0 Å². The first-order valence-corrected chi connectivity index (χ1v) is 3.61. The summed E-state index contributed by atoms with van der Waals surface area (Å²) >= 11 is 1.62. The molecule has 0 radical (unpaired) electrons. The van der Waals surface area contributed by atoms with E-state index in [4.69, 9.17) is 0 Å². The largest absolute Gasteiger partial charge is 0.337 e. The van der Waals surface area contributed by atoms with Crippen molar-refractivity contribution in [2.45, 2.75) is 12.1 Å². The molecule has 1 rings (SSSR count). The van der Waals surface area contributed by atoms with E-state index in [-0.39, 0.29) is 0 Å². The summed E-state index contributed by atoms with van der Waals surface area (Å²) in [6, 6.07) is 0. The molecule has 0 saturated carbocycles. The van der Waals surface area contributed by atoms with E-state index in [0.717, 1.165) is 10.9 Å². The third-order valence-corrected chi connectivity index (χ3v) is 1.47. The molecule has 0 amide bonds.